The molecule has 0 amide bonds. The highest BCUT2D eigenvalue weighted by Crippen LogP contribution is 2.27. The molecule has 0 saturated carbocycles. The molecule has 1 nitrogen and oxygen atoms in total. The first-order chi connectivity index (χ1) is 10.2. The lowest BCUT2D eigenvalue weighted by atomic mass is 10.1. The van der Waals surface area contributed by atoms with Gasteiger partial charge >= 0.3 is 0 Å². The zero-order valence-electron chi connectivity index (χ0n) is 11.5. The molecule has 2 aromatic carbocycles. The lowest BCUT2D eigenvalue weighted by molar-refractivity contribution is 0.274. The summed E-state index contributed by atoms with van der Waals surface area (Å²) < 4.78 is 33.0. The number of hydrogen-bond donors (Lipinski definition) is 0. The fraction of sp³-hybridized carbons (Fsp3) is 0.294. The summed E-state index contributed by atoms with van der Waals surface area (Å²) in [6.07, 6.45) is 3.37. The number of rotatable bonds is 4. The highest BCUT2D eigenvalue weighted by Gasteiger charge is 2.14. The number of ether oxygens (including phenoxy) is 1. The number of benzene rings is 2. The first-order valence-electron chi connectivity index (χ1n) is 6.94. The van der Waals surface area contributed by atoms with Crippen molar-refractivity contribution in [3.63, 3.8) is 0 Å². The lowest BCUT2D eigenvalue weighted by Gasteiger charge is -2.10. The van der Waals surface area contributed by atoms with E-state index in [1.165, 1.54) is 29.7 Å². The number of aryl methyl sites for hydroxylation is 2. The highest BCUT2D eigenvalue weighted by atomic mass is 79.9. The molecule has 0 unspecified atom stereocenters. The number of hydrogen-bond acceptors (Lipinski definition) is 1. The van der Waals surface area contributed by atoms with E-state index in [4.69, 9.17) is 4.74 Å². The fourth-order valence-electron chi connectivity index (χ4n) is 2.70. The van der Waals surface area contributed by atoms with Crippen LogP contribution in [0.5, 0.6) is 5.75 Å². The van der Waals surface area contributed by atoms with Crippen molar-refractivity contribution in [2.24, 2.45) is 0 Å². The van der Waals surface area contributed by atoms with Crippen molar-refractivity contribution in [3.8, 4) is 5.75 Å². The second-order valence-corrected chi connectivity index (χ2v) is 5.83. The van der Waals surface area contributed by atoms with Crippen LogP contribution in [0.4, 0.5) is 8.78 Å². The van der Waals surface area contributed by atoms with Crippen molar-refractivity contribution in [1.29, 1.82) is 0 Å². The van der Waals surface area contributed by atoms with E-state index >= 15 is 0 Å². The largest absolute Gasteiger partial charge is 0.483 e. The Labute approximate surface area is 131 Å². The topological polar surface area (TPSA) is 9.23 Å². The van der Waals surface area contributed by atoms with E-state index in [2.05, 4.69) is 28.1 Å². The molecular weight excluding hydrogens is 338 g/mol. The van der Waals surface area contributed by atoms with E-state index in [1.807, 2.05) is 6.07 Å². The van der Waals surface area contributed by atoms with Crippen molar-refractivity contribution in [2.75, 3.05) is 0 Å². The maximum atomic E-state index is 13.8. The van der Waals surface area contributed by atoms with Gasteiger partial charge in [0.2, 0.25) is 0 Å². The fourth-order valence-corrected chi connectivity index (χ4v) is 3.02. The van der Waals surface area contributed by atoms with Gasteiger partial charge in [0.25, 0.3) is 0 Å². The van der Waals surface area contributed by atoms with E-state index in [9.17, 15) is 8.78 Å². The maximum absolute atomic E-state index is 13.8. The average Bonchev–Trinajstić information content (AvgIpc) is 2.93. The molecule has 0 bridgehead atoms. The Kier molecular flexibility index (Phi) is 4.24. The average molecular weight is 353 g/mol. The van der Waals surface area contributed by atoms with Crippen LogP contribution < -0.4 is 4.74 Å². The van der Waals surface area contributed by atoms with Gasteiger partial charge in [-0.2, -0.15) is 0 Å². The van der Waals surface area contributed by atoms with E-state index in [1.54, 1.807) is 0 Å². The summed E-state index contributed by atoms with van der Waals surface area (Å²) in [5.74, 6) is -1.63. The van der Waals surface area contributed by atoms with E-state index in [-0.39, 0.29) is 12.4 Å². The SMILES string of the molecule is Fc1cc(CBr)cc(F)c1OCc1ccc2c(c1)CCC2. The van der Waals surface area contributed by atoms with Crippen molar-refractivity contribution in [3.05, 3.63) is 64.2 Å². The van der Waals surface area contributed by atoms with Crippen LogP contribution in [-0.4, -0.2) is 0 Å². The molecule has 21 heavy (non-hydrogen) atoms. The minimum Gasteiger partial charge on any atom is -0.483 e. The van der Waals surface area contributed by atoms with Gasteiger partial charge in [0.1, 0.15) is 6.61 Å². The van der Waals surface area contributed by atoms with Crippen LogP contribution in [0.3, 0.4) is 0 Å². The first kappa shape index (κ1) is 14.5. The van der Waals surface area contributed by atoms with Crippen LogP contribution in [0, 0.1) is 11.6 Å². The zero-order valence-corrected chi connectivity index (χ0v) is 13.1. The molecule has 0 saturated heterocycles. The Morgan fingerprint density at radius 3 is 2.38 bits per heavy atom. The summed E-state index contributed by atoms with van der Waals surface area (Å²) in [7, 11) is 0. The minimum absolute atomic E-state index is 0.175. The molecule has 110 valence electrons. The molecule has 4 heteroatoms. The molecule has 0 fully saturated rings. The summed E-state index contributed by atoms with van der Waals surface area (Å²) in [5, 5.41) is 0.409. The van der Waals surface area contributed by atoms with Gasteiger partial charge in [-0.15, -0.1) is 0 Å². The molecule has 0 radical (unpaired) electrons. The Morgan fingerprint density at radius 1 is 0.952 bits per heavy atom. The minimum atomic E-state index is -0.661. The van der Waals surface area contributed by atoms with Gasteiger partial charge in [0.05, 0.1) is 0 Å². The predicted octanol–water partition coefficient (Wildman–Crippen LogP) is 4.93. The molecule has 0 N–H and O–H groups in total. The molecule has 0 aromatic heterocycles. The Balaban J connectivity index is 1.76. The maximum Gasteiger partial charge on any atom is 0.191 e. The number of alkyl halides is 1. The molecule has 1 aliphatic rings. The second kappa shape index (κ2) is 6.14. The molecule has 0 aliphatic heterocycles. The first-order valence-corrected chi connectivity index (χ1v) is 8.07. The van der Waals surface area contributed by atoms with Crippen LogP contribution >= 0.6 is 15.9 Å². The summed E-state index contributed by atoms with van der Waals surface area (Å²) >= 11 is 3.18. The summed E-state index contributed by atoms with van der Waals surface area (Å²) in [6.45, 7) is 0.175. The third kappa shape index (κ3) is 3.10. The molecule has 0 heterocycles. The quantitative estimate of drug-likeness (QED) is 0.709. The van der Waals surface area contributed by atoms with Crippen LogP contribution in [0.15, 0.2) is 30.3 Å². The van der Waals surface area contributed by atoms with Gasteiger partial charge in [-0.05, 0) is 53.6 Å². The molecule has 3 rings (SSSR count). The summed E-state index contributed by atoms with van der Waals surface area (Å²) in [5.41, 5.74) is 4.19. The molecule has 2 aromatic rings. The van der Waals surface area contributed by atoms with Gasteiger partial charge < -0.3 is 4.74 Å². The Bertz CT molecular complexity index is 647. The highest BCUT2D eigenvalue weighted by molar-refractivity contribution is 9.08. The number of fused-ring (bicyclic) bond motifs is 1. The second-order valence-electron chi connectivity index (χ2n) is 5.27. The van der Waals surface area contributed by atoms with E-state index < -0.39 is 11.6 Å². The van der Waals surface area contributed by atoms with Crippen molar-refractivity contribution >= 4 is 15.9 Å². The van der Waals surface area contributed by atoms with Crippen molar-refractivity contribution in [2.45, 2.75) is 31.2 Å². The zero-order chi connectivity index (χ0) is 14.8. The van der Waals surface area contributed by atoms with Crippen LogP contribution in [-0.2, 0) is 24.8 Å². The normalized spacial score (nSPS) is 13.3. The van der Waals surface area contributed by atoms with Gasteiger partial charge in [-0.25, -0.2) is 8.78 Å². The lowest BCUT2D eigenvalue weighted by Crippen LogP contribution is -2.01. The van der Waals surface area contributed by atoms with Gasteiger partial charge in [-0.1, -0.05) is 34.1 Å². The third-order valence-corrected chi connectivity index (χ3v) is 4.41. The van der Waals surface area contributed by atoms with Crippen LogP contribution in [0.25, 0.3) is 0 Å². The molecular formula is C17H15BrF2O. The predicted molar refractivity (Wildman–Crippen MR) is 81.8 cm³/mol. The van der Waals surface area contributed by atoms with Crippen molar-refractivity contribution in [1.82, 2.24) is 0 Å². The van der Waals surface area contributed by atoms with Gasteiger partial charge in [-0.3, -0.25) is 0 Å². The van der Waals surface area contributed by atoms with Crippen molar-refractivity contribution < 1.29 is 13.5 Å². The number of halogens is 3. The Morgan fingerprint density at radius 2 is 1.67 bits per heavy atom. The third-order valence-electron chi connectivity index (χ3n) is 3.76. The smallest absolute Gasteiger partial charge is 0.191 e. The standard InChI is InChI=1S/C17H15BrF2O/c18-9-12-7-15(19)17(16(20)8-12)21-10-11-4-5-13-2-1-3-14(13)6-11/h4-8H,1-3,9-10H2. The molecule has 1 aliphatic carbocycles. The van der Waals surface area contributed by atoms with Gasteiger partial charge in [0.15, 0.2) is 17.4 Å². The monoisotopic (exact) mass is 352 g/mol. The van der Waals surface area contributed by atoms with Crippen LogP contribution in [0.1, 0.15) is 28.7 Å². The van der Waals surface area contributed by atoms with E-state index in [0.717, 1.165) is 18.4 Å². The Hall–Kier alpha value is -1.42. The van der Waals surface area contributed by atoms with E-state index in [0.29, 0.717) is 10.9 Å². The van der Waals surface area contributed by atoms with Gasteiger partial charge in [0, 0.05) is 5.33 Å². The van der Waals surface area contributed by atoms with Crippen LogP contribution in [0.2, 0.25) is 0 Å². The summed E-state index contributed by atoms with van der Waals surface area (Å²) in [4.78, 5) is 0. The molecule has 0 spiro atoms. The summed E-state index contributed by atoms with van der Waals surface area (Å²) in [6, 6.07) is 8.70. The molecule has 0 atom stereocenters.